The van der Waals surface area contributed by atoms with E-state index in [4.69, 9.17) is 4.98 Å². The van der Waals surface area contributed by atoms with Gasteiger partial charge >= 0.3 is 0 Å². The molecule has 5 heteroatoms. The van der Waals surface area contributed by atoms with Gasteiger partial charge in [0.2, 0.25) is 0 Å². The Labute approximate surface area is 139 Å². The molecule has 0 amide bonds. The molecular weight excluding hydrogens is 306 g/mol. The van der Waals surface area contributed by atoms with Crippen molar-refractivity contribution in [3.8, 4) is 0 Å². The number of para-hydroxylation sites is 1. The Balaban J connectivity index is 1.57. The van der Waals surface area contributed by atoms with Gasteiger partial charge in [0.05, 0.1) is 28.5 Å². The molecule has 0 unspecified atom stereocenters. The number of rotatable bonds is 4. The molecule has 118 valence electrons. The highest BCUT2D eigenvalue weighted by Gasteiger charge is 2.30. The third-order valence-electron chi connectivity index (χ3n) is 4.54. The lowest BCUT2D eigenvalue weighted by molar-refractivity contribution is 0.0913. The molecule has 0 bridgehead atoms. The minimum absolute atomic E-state index is 0.186. The van der Waals surface area contributed by atoms with E-state index >= 15 is 0 Å². The van der Waals surface area contributed by atoms with Gasteiger partial charge in [0.25, 0.3) is 0 Å². The quantitative estimate of drug-likeness (QED) is 0.687. The number of carbonyl (C=O) groups excluding carboxylic acids is 1. The number of ketones is 1. The van der Waals surface area contributed by atoms with Crippen LogP contribution < -0.4 is 0 Å². The number of Topliss-reactive ketones (excluding diaryl/α,β-unsaturated/α-hetero) is 1. The van der Waals surface area contributed by atoms with Gasteiger partial charge < -0.3 is 4.57 Å². The number of aryl methyl sites for hydroxylation is 1. The number of likely N-dealkylation sites (tertiary alicyclic amines) is 1. The molecule has 1 fully saturated rings. The third-order valence-corrected chi connectivity index (χ3v) is 5.67. The third kappa shape index (κ3) is 2.71. The average molecular weight is 325 g/mol. The highest BCUT2D eigenvalue weighted by molar-refractivity contribution is 7.18. The van der Waals surface area contributed by atoms with Crippen molar-refractivity contribution in [2.24, 2.45) is 7.05 Å². The summed E-state index contributed by atoms with van der Waals surface area (Å²) in [6.07, 6.45) is 4.13. The lowest BCUT2D eigenvalue weighted by Gasteiger charge is -2.21. The predicted octanol–water partition coefficient (Wildman–Crippen LogP) is 3.65. The lowest BCUT2D eigenvalue weighted by atomic mass is 10.2. The Morgan fingerprint density at radius 1 is 1.30 bits per heavy atom. The smallest absolute Gasteiger partial charge is 0.193 e. The second-order valence-electron chi connectivity index (χ2n) is 6.08. The molecule has 1 atom stereocenters. The molecule has 3 aromatic rings. The second-order valence-corrected chi connectivity index (χ2v) is 7.14. The number of hydrogen-bond acceptors (Lipinski definition) is 4. The van der Waals surface area contributed by atoms with Crippen LogP contribution in [-0.4, -0.2) is 33.3 Å². The van der Waals surface area contributed by atoms with Crippen LogP contribution in [0.5, 0.6) is 0 Å². The molecule has 4 nitrogen and oxygen atoms in total. The van der Waals surface area contributed by atoms with Crippen LogP contribution in [0.4, 0.5) is 0 Å². The van der Waals surface area contributed by atoms with E-state index in [0.29, 0.717) is 6.54 Å². The van der Waals surface area contributed by atoms with Crippen LogP contribution in [0.25, 0.3) is 10.2 Å². The van der Waals surface area contributed by atoms with Gasteiger partial charge in [0.15, 0.2) is 5.78 Å². The van der Waals surface area contributed by atoms with Gasteiger partial charge in [0, 0.05) is 13.2 Å². The summed E-state index contributed by atoms with van der Waals surface area (Å²) in [6, 6.07) is 12.3. The van der Waals surface area contributed by atoms with Gasteiger partial charge in [-0.15, -0.1) is 11.3 Å². The summed E-state index contributed by atoms with van der Waals surface area (Å²) in [7, 11) is 1.92. The molecule has 1 saturated heterocycles. The maximum Gasteiger partial charge on any atom is 0.193 e. The fourth-order valence-corrected chi connectivity index (χ4v) is 4.48. The molecule has 1 aliphatic rings. The van der Waals surface area contributed by atoms with Crippen molar-refractivity contribution in [3.05, 3.63) is 53.3 Å². The van der Waals surface area contributed by atoms with Crippen molar-refractivity contribution in [1.29, 1.82) is 0 Å². The summed E-state index contributed by atoms with van der Waals surface area (Å²) >= 11 is 1.76. The standard InChI is InChI=1S/C18H19N3OS/c1-20-10-4-7-14(20)16(22)12-21-11-5-8-15(21)18-19-13-6-2-3-9-17(13)23-18/h2-4,6-7,9-10,15H,5,8,11-12H2,1H3/t15-/m1/s1. The maximum atomic E-state index is 12.6. The molecule has 3 heterocycles. The van der Waals surface area contributed by atoms with E-state index in [0.717, 1.165) is 35.6 Å². The van der Waals surface area contributed by atoms with Crippen molar-refractivity contribution in [2.45, 2.75) is 18.9 Å². The van der Waals surface area contributed by atoms with E-state index in [2.05, 4.69) is 23.1 Å². The Morgan fingerprint density at radius 3 is 2.96 bits per heavy atom. The largest absolute Gasteiger partial charge is 0.348 e. The Bertz CT molecular complexity index is 818. The molecule has 1 aliphatic heterocycles. The molecular formula is C18H19N3OS. The molecule has 4 rings (SSSR count). The number of nitrogens with zero attached hydrogens (tertiary/aromatic N) is 3. The molecule has 0 radical (unpaired) electrons. The van der Waals surface area contributed by atoms with Crippen molar-refractivity contribution >= 4 is 27.3 Å². The van der Waals surface area contributed by atoms with Crippen LogP contribution in [0, 0.1) is 0 Å². The number of carbonyl (C=O) groups is 1. The van der Waals surface area contributed by atoms with Gasteiger partial charge in [-0.2, -0.15) is 0 Å². The van der Waals surface area contributed by atoms with Gasteiger partial charge in [-0.25, -0.2) is 4.98 Å². The van der Waals surface area contributed by atoms with E-state index in [1.807, 2.05) is 36.0 Å². The normalized spacial score (nSPS) is 18.7. The average Bonchev–Trinajstić information content (AvgIpc) is 3.24. The van der Waals surface area contributed by atoms with E-state index in [1.54, 1.807) is 11.3 Å². The Hall–Kier alpha value is -1.98. The van der Waals surface area contributed by atoms with E-state index in [9.17, 15) is 4.79 Å². The zero-order valence-corrected chi connectivity index (χ0v) is 13.9. The summed E-state index contributed by atoms with van der Waals surface area (Å²) in [4.78, 5) is 19.6. The lowest BCUT2D eigenvalue weighted by Crippen LogP contribution is -2.30. The van der Waals surface area contributed by atoms with E-state index in [-0.39, 0.29) is 11.8 Å². The highest BCUT2D eigenvalue weighted by Crippen LogP contribution is 2.36. The monoisotopic (exact) mass is 325 g/mol. The molecule has 0 spiro atoms. The summed E-state index contributed by atoms with van der Waals surface area (Å²) in [6.45, 7) is 1.44. The fourth-order valence-electron chi connectivity index (χ4n) is 3.34. The van der Waals surface area contributed by atoms with Gasteiger partial charge in [-0.1, -0.05) is 12.1 Å². The first-order valence-electron chi connectivity index (χ1n) is 7.96. The topological polar surface area (TPSA) is 38.1 Å². The molecule has 0 saturated carbocycles. The van der Waals surface area contributed by atoms with Crippen LogP contribution in [0.1, 0.15) is 34.4 Å². The SMILES string of the molecule is Cn1cccc1C(=O)CN1CCC[C@@H]1c1nc2ccccc2s1. The zero-order chi connectivity index (χ0) is 15.8. The Morgan fingerprint density at radius 2 is 2.17 bits per heavy atom. The van der Waals surface area contributed by atoms with Crippen LogP contribution in [0.2, 0.25) is 0 Å². The zero-order valence-electron chi connectivity index (χ0n) is 13.1. The van der Waals surface area contributed by atoms with Gasteiger partial charge in [-0.05, 0) is 43.7 Å². The maximum absolute atomic E-state index is 12.6. The van der Waals surface area contributed by atoms with E-state index < -0.39 is 0 Å². The summed E-state index contributed by atoms with van der Waals surface area (Å²) in [5.41, 5.74) is 1.84. The van der Waals surface area contributed by atoms with Crippen LogP contribution >= 0.6 is 11.3 Å². The van der Waals surface area contributed by atoms with Crippen molar-refractivity contribution in [1.82, 2.24) is 14.5 Å². The molecule has 0 aliphatic carbocycles. The van der Waals surface area contributed by atoms with Crippen LogP contribution in [0.15, 0.2) is 42.6 Å². The fraction of sp³-hybridized carbons (Fsp3) is 0.333. The van der Waals surface area contributed by atoms with E-state index in [1.165, 1.54) is 4.70 Å². The minimum Gasteiger partial charge on any atom is -0.348 e. The first-order valence-corrected chi connectivity index (χ1v) is 8.78. The molecule has 0 N–H and O–H groups in total. The Kier molecular flexibility index (Phi) is 3.75. The van der Waals surface area contributed by atoms with Crippen LogP contribution in [0.3, 0.4) is 0 Å². The van der Waals surface area contributed by atoms with Crippen molar-refractivity contribution in [2.75, 3.05) is 13.1 Å². The number of hydrogen-bond donors (Lipinski definition) is 0. The predicted molar refractivity (Wildman–Crippen MR) is 92.9 cm³/mol. The highest BCUT2D eigenvalue weighted by atomic mass is 32.1. The summed E-state index contributed by atoms with van der Waals surface area (Å²) < 4.78 is 3.12. The van der Waals surface area contributed by atoms with Crippen LogP contribution in [-0.2, 0) is 7.05 Å². The number of thiazole rings is 1. The second kappa shape index (κ2) is 5.91. The van der Waals surface area contributed by atoms with Gasteiger partial charge in [-0.3, -0.25) is 9.69 Å². The first-order chi connectivity index (χ1) is 11.2. The summed E-state index contributed by atoms with van der Waals surface area (Å²) in [5.74, 6) is 0.186. The number of benzene rings is 1. The summed E-state index contributed by atoms with van der Waals surface area (Å²) in [5, 5.41) is 1.14. The van der Waals surface area contributed by atoms with Crippen molar-refractivity contribution in [3.63, 3.8) is 0 Å². The van der Waals surface area contributed by atoms with Crippen molar-refractivity contribution < 1.29 is 4.79 Å². The number of aromatic nitrogens is 2. The van der Waals surface area contributed by atoms with Gasteiger partial charge in [0.1, 0.15) is 5.01 Å². The molecule has 23 heavy (non-hydrogen) atoms. The minimum atomic E-state index is 0.186. The molecule has 1 aromatic carbocycles. The first kappa shape index (κ1) is 14.6. The number of fused-ring (bicyclic) bond motifs is 1. The molecule has 2 aromatic heterocycles.